The highest BCUT2D eigenvalue weighted by molar-refractivity contribution is 7.89. The molecule has 0 aliphatic carbocycles. The summed E-state index contributed by atoms with van der Waals surface area (Å²) in [5.74, 6) is 0. The van der Waals surface area contributed by atoms with Crippen LogP contribution in [-0.4, -0.2) is 43.4 Å². The molecule has 5 nitrogen and oxygen atoms in total. The molecule has 2 heterocycles. The van der Waals surface area contributed by atoms with Crippen molar-refractivity contribution in [3.05, 3.63) is 46.7 Å². The fourth-order valence-corrected chi connectivity index (χ4v) is 5.08. The highest BCUT2D eigenvalue weighted by atomic mass is 32.2. The quantitative estimate of drug-likeness (QED) is 0.803. The summed E-state index contributed by atoms with van der Waals surface area (Å²) < 4.78 is 25.8. The average Bonchev–Trinajstić information content (AvgIpc) is 3.26. The lowest BCUT2D eigenvalue weighted by Crippen LogP contribution is -2.34. The first-order chi connectivity index (χ1) is 11.9. The fraction of sp³-hybridized carbons (Fsp3) is 0.353. The van der Waals surface area contributed by atoms with E-state index >= 15 is 0 Å². The van der Waals surface area contributed by atoms with Crippen LogP contribution in [0.3, 0.4) is 0 Å². The molecule has 1 aromatic heterocycles. The summed E-state index contributed by atoms with van der Waals surface area (Å²) in [6.45, 7) is 0.907. The average molecular weight is 396 g/mol. The number of thiocarbonyl (C=S) groups is 1. The molecular weight excluding hydrogens is 374 g/mol. The normalized spacial score (nSPS) is 17.9. The Kier molecular flexibility index (Phi) is 5.43. The van der Waals surface area contributed by atoms with Crippen LogP contribution in [0.15, 0.2) is 46.7 Å². The number of rotatable bonds is 4. The van der Waals surface area contributed by atoms with E-state index in [0.717, 1.165) is 19.4 Å². The van der Waals surface area contributed by atoms with Gasteiger partial charge in [0.15, 0.2) is 5.11 Å². The minimum atomic E-state index is -3.46. The predicted octanol–water partition coefficient (Wildman–Crippen LogP) is 3.53. The third-order valence-electron chi connectivity index (χ3n) is 4.25. The number of anilines is 1. The third kappa shape index (κ3) is 3.87. The zero-order valence-electron chi connectivity index (χ0n) is 14.2. The molecule has 0 radical (unpaired) electrons. The first-order valence-corrected chi connectivity index (χ1v) is 10.8. The Balaban J connectivity index is 1.77. The maximum Gasteiger partial charge on any atom is 0.242 e. The van der Waals surface area contributed by atoms with E-state index in [2.05, 4.69) is 27.7 Å². The van der Waals surface area contributed by atoms with Gasteiger partial charge in [-0.3, -0.25) is 0 Å². The van der Waals surface area contributed by atoms with Crippen LogP contribution in [0, 0.1) is 0 Å². The maximum absolute atomic E-state index is 12.3. The van der Waals surface area contributed by atoms with Crippen molar-refractivity contribution in [2.75, 3.05) is 26.0 Å². The SMILES string of the molecule is CN(C)S(=O)(=O)c1cccc(NC(=S)N2CCC[C@H]2c2cccs2)c1. The molecule has 1 N–H and O–H groups in total. The highest BCUT2D eigenvalue weighted by Gasteiger charge is 2.28. The van der Waals surface area contributed by atoms with Crippen molar-refractivity contribution in [2.24, 2.45) is 0 Å². The third-order valence-corrected chi connectivity index (χ3v) is 7.37. The molecular formula is C17H21N3O2S3. The van der Waals surface area contributed by atoms with E-state index < -0.39 is 10.0 Å². The van der Waals surface area contributed by atoms with Crippen molar-refractivity contribution in [3.8, 4) is 0 Å². The van der Waals surface area contributed by atoms with E-state index in [0.29, 0.717) is 16.8 Å². The second-order valence-electron chi connectivity index (χ2n) is 6.11. The van der Waals surface area contributed by atoms with Crippen LogP contribution >= 0.6 is 23.6 Å². The molecule has 1 aromatic carbocycles. The summed E-state index contributed by atoms with van der Waals surface area (Å²) >= 11 is 7.34. The number of sulfonamides is 1. The van der Waals surface area contributed by atoms with Gasteiger partial charge in [-0.25, -0.2) is 12.7 Å². The molecule has 1 aliphatic heterocycles. The summed E-state index contributed by atoms with van der Waals surface area (Å²) in [5.41, 5.74) is 0.685. The van der Waals surface area contributed by atoms with Gasteiger partial charge in [0.25, 0.3) is 0 Å². The highest BCUT2D eigenvalue weighted by Crippen LogP contribution is 2.35. The van der Waals surface area contributed by atoms with Crippen LogP contribution in [0.25, 0.3) is 0 Å². The molecule has 8 heteroatoms. The molecule has 0 saturated carbocycles. The van der Waals surface area contributed by atoms with E-state index in [4.69, 9.17) is 12.2 Å². The lowest BCUT2D eigenvalue weighted by Gasteiger charge is -2.27. The Labute approximate surface area is 158 Å². The van der Waals surface area contributed by atoms with Crippen molar-refractivity contribution in [1.82, 2.24) is 9.21 Å². The largest absolute Gasteiger partial charge is 0.341 e. The molecule has 134 valence electrons. The zero-order chi connectivity index (χ0) is 18.0. The van der Waals surface area contributed by atoms with Gasteiger partial charge in [-0.15, -0.1) is 11.3 Å². The Bertz CT molecular complexity index is 848. The van der Waals surface area contributed by atoms with Gasteiger partial charge in [-0.1, -0.05) is 12.1 Å². The topological polar surface area (TPSA) is 52.7 Å². The number of benzene rings is 1. The minimum absolute atomic E-state index is 0.251. The van der Waals surface area contributed by atoms with Crippen molar-refractivity contribution >= 4 is 44.4 Å². The summed E-state index contributed by atoms with van der Waals surface area (Å²) in [7, 11) is -0.415. The first kappa shape index (κ1) is 18.3. The molecule has 3 rings (SSSR count). The number of likely N-dealkylation sites (tertiary alicyclic amines) is 1. The van der Waals surface area contributed by atoms with E-state index in [1.807, 2.05) is 6.07 Å². The standard InChI is InChI=1S/C17H21N3O2S3/c1-19(2)25(21,22)14-7-3-6-13(12-14)18-17(23)20-10-4-8-15(20)16-9-5-11-24-16/h3,5-7,9,11-12,15H,4,8,10H2,1-2H3,(H,18,23)/t15-/m0/s1. The Morgan fingerprint density at radius 2 is 2.12 bits per heavy atom. The van der Waals surface area contributed by atoms with Gasteiger partial charge in [-0.05, 0) is 54.7 Å². The summed E-state index contributed by atoms with van der Waals surface area (Å²) in [4.78, 5) is 3.75. The zero-order valence-corrected chi connectivity index (χ0v) is 16.6. The second kappa shape index (κ2) is 7.41. The molecule has 2 aromatic rings. The van der Waals surface area contributed by atoms with Crippen molar-refractivity contribution < 1.29 is 8.42 Å². The van der Waals surface area contributed by atoms with Gasteiger partial charge >= 0.3 is 0 Å². The van der Waals surface area contributed by atoms with Crippen molar-refractivity contribution in [1.29, 1.82) is 0 Å². The molecule has 0 spiro atoms. The van der Waals surface area contributed by atoms with Crippen molar-refractivity contribution in [2.45, 2.75) is 23.8 Å². The van der Waals surface area contributed by atoms with Gasteiger partial charge in [0, 0.05) is 31.2 Å². The Morgan fingerprint density at radius 1 is 1.32 bits per heavy atom. The molecule has 0 unspecified atom stereocenters. The minimum Gasteiger partial charge on any atom is -0.341 e. The van der Waals surface area contributed by atoms with Crippen LogP contribution in [-0.2, 0) is 10.0 Å². The van der Waals surface area contributed by atoms with Gasteiger partial charge < -0.3 is 10.2 Å². The molecule has 1 fully saturated rings. The van der Waals surface area contributed by atoms with Crippen LogP contribution in [0.2, 0.25) is 0 Å². The van der Waals surface area contributed by atoms with Gasteiger partial charge in [-0.2, -0.15) is 0 Å². The lowest BCUT2D eigenvalue weighted by atomic mass is 10.2. The summed E-state index contributed by atoms with van der Waals surface area (Å²) in [5, 5.41) is 5.92. The number of hydrogen-bond acceptors (Lipinski definition) is 4. The summed E-state index contributed by atoms with van der Waals surface area (Å²) in [6.07, 6.45) is 2.18. The van der Waals surface area contributed by atoms with E-state index in [-0.39, 0.29) is 4.90 Å². The number of nitrogens with zero attached hydrogens (tertiary/aromatic N) is 2. The second-order valence-corrected chi connectivity index (χ2v) is 9.63. The van der Waals surface area contributed by atoms with E-state index in [1.54, 1.807) is 29.5 Å². The Morgan fingerprint density at radius 3 is 2.80 bits per heavy atom. The van der Waals surface area contributed by atoms with E-state index in [1.165, 1.54) is 23.3 Å². The first-order valence-electron chi connectivity index (χ1n) is 8.03. The molecule has 1 atom stereocenters. The Hall–Kier alpha value is -1.48. The number of thiophene rings is 1. The van der Waals surface area contributed by atoms with Crippen LogP contribution in [0.1, 0.15) is 23.8 Å². The molecule has 0 amide bonds. The van der Waals surface area contributed by atoms with Gasteiger partial charge in [0.05, 0.1) is 10.9 Å². The fourth-order valence-electron chi connectivity index (χ4n) is 2.93. The van der Waals surface area contributed by atoms with Crippen molar-refractivity contribution in [3.63, 3.8) is 0 Å². The van der Waals surface area contributed by atoms with E-state index in [9.17, 15) is 8.42 Å². The molecule has 0 bridgehead atoms. The molecule has 25 heavy (non-hydrogen) atoms. The number of hydrogen-bond donors (Lipinski definition) is 1. The van der Waals surface area contributed by atoms with Gasteiger partial charge in [0.1, 0.15) is 0 Å². The van der Waals surface area contributed by atoms with Crippen LogP contribution in [0.5, 0.6) is 0 Å². The maximum atomic E-state index is 12.3. The monoisotopic (exact) mass is 395 g/mol. The number of nitrogens with one attached hydrogen (secondary N) is 1. The lowest BCUT2D eigenvalue weighted by molar-refractivity contribution is 0.412. The molecule has 1 aliphatic rings. The smallest absolute Gasteiger partial charge is 0.242 e. The molecule has 1 saturated heterocycles. The van der Waals surface area contributed by atoms with Crippen LogP contribution < -0.4 is 5.32 Å². The van der Waals surface area contributed by atoms with Gasteiger partial charge in [0.2, 0.25) is 10.0 Å². The van der Waals surface area contributed by atoms with Crippen LogP contribution in [0.4, 0.5) is 5.69 Å². The predicted molar refractivity (Wildman–Crippen MR) is 107 cm³/mol. The summed E-state index contributed by atoms with van der Waals surface area (Å²) in [6, 6.07) is 11.3.